The highest BCUT2D eigenvalue weighted by Crippen LogP contribution is 2.31. The van der Waals surface area contributed by atoms with Crippen LogP contribution in [0.3, 0.4) is 0 Å². The monoisotopic (exact) mass is 364 g/mol. The first-order valence-corrected chi connectivity index (χ1v) is 9.68. The molecule has 0 amide bonds. The summed E-state index contributed by atoms with van der Waals surface area (Å²) in [4.78, 5) is 19.4. The molecule has 0 radical (unpaired) electrons. The molecule has 1 atom stereocenters. The molecule has 1 aliphatic rings. The smallest absolute Gasteiger partial charge is 0.106 e. The first-order chi connectivity index (χ1) is 12.6. The molecule has 0 bridgehead atoms. The van der Waals surface area contributed by atoms with Crippen molar-refractivity contribution < 1.29 is 14.8 Å². The van der Waals surface area contributed by atoms with Gasteiger partial charge < -0.3 is 14.8 Å². The molecule has 1 aromatic carbocycles. The molecule has 0 aliphatic carbocycles. The minimum Gasteiger partial charge on any atom is -0.545 e. The molecule has 1 N–H and O–H groups in total. The Morgan fingerprint density at radius 1 is 1.31 bits per heavy atom. The molecule has 3 heterocycles. The fourth-order valence-corrected chi connectivity index (χ4v) is 4.53. The Kier molecular flexibility index (Phi) is 4.34. The molecule has 3 aromatic rings. The minimum atomic E-state index is -1.12. The predicted molar refractivity (Wildman–Crippen MR) is 103 cm³/mol. The van der Waals surface area contributed by atoms with Crippen LogP contribution in [0.25, 0.3) is 22.6 Å². The van der Waals surface area contributed by atoms with Crippen LogP contribution in [0.1, 0.15) is 39.0 Å². The number of nitrogens with one attached hydrogen (secondary N) is 1. The Morgan fingerprint density at radius 3 is 2.81 bits per heavy atom. The standard InChI is InChI=1S/C21H20N2O2S/c1-3-23-11-14(10-18-13(2)8-9-26-18)20-16(12-23)19(21(24)25)15-6-4-5-7-17(15)22-20/h4-10H,3,11-12H2,1-2H3,(H,24,25)/b14-10-. The molecular weight excluding hydrogens is 344 g/mol. The SMILES string of the molecule is CC[NH+]1C/C(=C/c2sccc2C)c2nc3ccccc3c(C(=O)[O-])c2C1. The third-order valence-electron chi connectivity index (χ3n) is 5.08. The largest absolute Gasteiger partial charge is 0.545 e. The van der Waals surface area contributed by atoms with Crippen LogP contribution in [0.2, 0.25) is 0 Å². The second-order valence-electron chi connectivity index (χ2n) is 6.71. The fraction of sp³-hybridized carbons (Fsp3) is 0.238. The highest BCUT2D eigenvalue weighted by Gasteiger charge is 2.28. The van der Waals surface area contributed by atoms with E-state index in [-0.39, 0.29) is 0 Å². The summed E-state index contributed by atoms with van der Waals surface area (Å²) in [6.45, 7) is 6.66. The number of benzene rings is 1. The van der Waals surface area contributed by atoms with Crippen LogP contribution in [-0.2, 0) is 6.54 Å². The van der Waals surface area contributed by atoms with Gasteiger partial charge in [0, 0.05) is 27.0 Å². The van der Waals surface area contributed by atoms with E-state index in [1.54, 1.807) is 11.3 Å². The van der Waals surface area contributed by atoms with Gasteiger partial charge in [0.15, 0.2) is 0 Å². The summed E-state index contributed by atoms with van der Waals surface area (Å²) in [6, 6.07) is 9.53. The highest BCUT2D eigenvalue weighted by molar-refractivity contribution is 7.11. The van der Waals surface area contributed by atoms with Gasteiger partial charge in [-0.1, -0.05) is 18.2 Å². The van der Waals surface area contributed by atoms with Gasteiger partial charge in [-0.05, 0) is 43.0 Å². The molecule has 1 aliphatic heterocycles. The number of aromatic carboxylic acids is 1. The lowest BCUT2D eigenvalue weighted by Crippen LogP contribution is -3.11. The third kappa shape index (κ3) is 2.83. The molecule has 132 valence electrons. The molecule has 2 aromatic heterocycles. The zero-order chi connectivity index (χ0) is 18.3. The number of quaternary nitrogens is 1. The number of para-hydroxylation sites is 1. The molecule has 26 heavy (non-hydrogen) atoms. The molecule has 0 fully saturated rings. The molecule has 0 saturated heterocycles. The Bertz CT molecular complexity index is 1040. The van der Waals surface area contributed by atoms with Crippen LogP contribution >= 0.6 is 11.3 Å². The fourth-order valence-electron chi connectivity index (χ4n) is 3.65. The van der Waals surface area contributed by atoms with E-state index in [0.29, 0.717) is 23.0 Å². The van der Waals surface area contributed by atoms with Crippen LogP contribution in [0.4, 0.5) is 0 Å². The number of nitrogens with zero attached hydrogens (tertiary/aromatic N) is 1. The second kappa shape index (κ2) is 6.67. The number of likely N-dealkylation sites (N-methyl/N-ethyl adjacent to an activating group) is 1. The lowest BCUT2D eigenvalue weighted by molar-refractivity contribution is -0.905. The number of aryl methyl sites for hydroxylation is 1. The van der Waals surface area contributed by atoms with E-state index in [4.69, 9.17) is 4.98 Å². The van der Waals surface area contributed by atoms with Crippen molar-refractivity contribution in [2.24, 2.45) is 0 Å². The van der Waals surface area contributed by atoms with E-state index in [1.807, 2.05) is 24.3 Å². The zero-order valence-corrected chi connectivity index (χ0v) is 15.7. The summed E-state index contributed by atoms with van der Waals surface area (Å²) in [5.74, 6) is -1.12. The van der Waals surface area contributed by atoms with Crippen molar-refractivity contribution in [3.63, 3.8) is 0 Å². The quantitative estimate of drug-likeness (QED) is 0.773. The number of hydrogen-bond acceptors (Lipinski definition) is 4. The van der Waals surface area contributed by atoms with Gasteiger partial charge in [-0.2, -0.15) is 0 Å². The Hall–Kier alpha value is -2.50. The lowest BCUT2D eigenvalue weighted by Gasteiger charge is -2.29. The van der Waals surface area contributed by atoms with Crippen molar-refractivity contribution >= 4 is 39.9 Å². The number of carboxylic acids is 1. The van der Waals surface area contributed by atoms with Gasteiger partial charge in [-0.25, -0.2) is 4.98 Å². The van der Waals surface area contributed by atoms with Crippen LogP contribution in [-0.4, -0.2) is 24.0 Å². The number of hydrogen-bond donors (Lipinski definition) is 1. The molecule has 4 nitrogen and oxygen atoms in total. The summed E-state index contributed by atoms with van der Waals surface area (Å²) >= 11 is 1.70. The van der Waals surface area contributed by atoms with E-state index in [9.17, 15) is 9.90 Å². The van der Waals surface area contributed by atoms with E-state index in [2.05, 4.69) is 31.4 Å². The zero-order valence-electron chi connectivity index (χ0n) is 14.8. The van der Waals surface area contributed by atoms with E-state index in [1.165, 1.54) is 15.3 Å². The predicted octanol–water partition coefficient (Wildman–Crippen LogP) is 1.93. The maximum atomic E-state index is 12.0. The average molecular weight is 364 g/mol. The number of carboxylic acid groups (broad SMARTS) is 1. The normalized spacial score (nSPS) is 18.2. The van der Waals surface area contributed by atoms with E-state index < -0.39 is 5.97 Å². The van der Waals surface area contributed by atoms with Gasteiger partial charge in [-0.3, -0.25) is 0 Å². The molecular formula is C21H20N2O2S. The number of thiophene rings is 1. The number of aromatic nitrogens is 1. The van der Waals surface area contributed by atoms with Gasteiger partial charge in [-0.15, -0.1) is 11.3 Å². The van der Waals surface area contributed by atoms with Crippen LogP contribution < -0.4 is 10.0 Å². The lowest BCUT2D eigenvalue weighted by atomic mass is 9.92. The number of carbonyl (C=O) groups is 1. The summed E-state index contributed by atoms with van der Waals surface area (Å²) in [7, 11) is 0. The number of carbonyl (C=O) groups excluding carboxylic acids is 1. The Balaban J connectivity index is 2.01. The van der Waals surface area contributed by atoms with Crippen molar-refractivity contribution in [3.05, 3.63) is 63.0 Å². The van der Waals surface area contributed by atoms with E-state index in [0.717, 1.165) is 29.9 Å². The molecule has 0 saturated carbocycles. The molecule has 1 unspecified atom stereocenters. The maximum absolute atomic E-state index is 12.0. The number of pyridine rings is 1. The van der Waals surface area contributed by atoms with Crippen molar-refractivity contribution in [2.75, 3.05) is 13.1 Å². The molecule has 5 heteroatoms. The van der Waals surface area contributed by atoms with Gasteiger partial charge >= 0.3 is 0 Å². The van der Waals surface area contributed by atoms with Crippen LogP contribution in [0, 0.1) is 6.92 Å². The second-order valence-corrected chi connectivity index (χ2v) is 7.66. The Morgan fingerprint density at radius 2 is 2.12 bits per heavy atom. The van der Waals surface area contributed by atoms with Crippen LogP contribution in [0.15, 0.2) is 35.7 Å². The van der Waals surface area contributed by atoms with Crippen molar-refractivity contribution in [2.45, 2.75) is 20.4 Å². The van der Waals surface area contributed by atoms with Gasteiger partial charge in [0.1, 0.15) is 13.1 Å². The topological polar surface area (TPSA) is 57.5 Å². The number of rotatable bonds is 3. The van der Waals surface area contributed by atoms with Gasteiger partial charge in [0.2, 0.25) is 0 Å². The van der Waals surface area contributed by atoms with Crippen molar-refractivity contribution in [3.8, 4) is 0 Å². The first kappa shape index (κ1) is 16.9. The van der Waals surface area contributed by atoms with Crippen molar-refractivity contribution in [1.82, 2.24) is 4.98 Å². The van der Waals surface area contributed by atoms with E-state index >= 15 is 0 Å². The minimum absolute atomic E-state index is 0.296. The van der Waals surface area contributed by atoms with Gasteiger partial charge in [0.25, 0.3) is 0 Å². The highest BCUT2D eigenvalue weighted by atomic mass is 32.1. The third-order valence-corrected chi connectivity index (χ3v) is 6.04. The number of fused-ring (bicyclic) bond motifs is 2. The summed E-state index contributed by atoms with van der Waals surface area (Å²) < 4.78 is 0. The van der Waals surface area contributed by atoms with Crippen molar-refractivity contribution in [1.29, 1.82) is 0 Å². The van der Waals surface area contributed by atoms with Gasteiger partial charge in [0.05, 0.1) is 23.7 Å². The van der Waals surface area contributed by atoms with Crippen LogP contribution in [0.5, 0.6) is 0 Å². The molecule has 0 spiro atoms. The Labute approximate surface area is 156 Å². The average Bonchev–Trinajstić information content (AvgIpc) is 3.04. The summed E-state index contributed by atoms with van der Waals surface area (Å²) in [5.41, 5.74) is 4.94. The summed E-state index contributed by atoms with van der Waals surface area (Å²) in [5, 5.41) is 14.7. The molecule has 4 rings (SSSR count). The maximum Gasteiger partial charge on any atom is 0.106 e. The summed E-state index contributed by atoms with van der Waals surface area (Å²) in [6.07, 6.45) is 2.18. The first-order valence-electron chi connectivity index (χ1n) is 8.80.